The van der Waals surface area contributed by atoms with Crippen molar-refractivity contribution in [3.63, 3.8) is 0 Å². The Hall–Kier alpha value is -3.71. The maximum atomic E-state index is 13.8. The van der Waals surface area contributed by atoms with Crippen LogP contribution in [-0.4, -0.2) is 143 Å². The highest BCUT2D eigenvalue weighted by atomic mass is 32.1. The number of aliphatic hydroxyl groups excluding tert-OH is 1. The second kappa shape index (κ2) is 25.4. The van der Waals surface area contributed by atoms with Crippen LogP contribution in [0.25, 0.3) is 20.9 Å². The van der Waals surface area contributed by atoms with Crippen LogP contribution in [0.5, 0.6) is 0 Å². The van der Waals surface area contributed by atoms with Gasteiger partial charge in [-0.05, 0) is 29.0 Å². The summed E-state index contributed by atoms with van der Waals surface area (Å²) in [5, 5.41) is 19.6. The molecule has 0 aliphatic carbocycles. The summed E-state index contributed by atoms with van der Waals surface area (Å²) in [5.41, 5.74) is 12.2. The Bertz CT molecular complexity index is 1480. The molecule has 1 aromatic heterocycles. The molecular formula is C37H57N7O10S. The number of nitrogens with zero attached hydrogens (tertiary/aromatic N) is 5. The number of thiazole rings is 1. The number of aryl methyl sites for hydroxylation is 1. The van der Waals surface area contributed by atoms with Crippen LogP contribution < -0.4 is 10.6 Å². The molecule has 0 radical (unpaired) electrons. The summed E-state index contributed by atoms with van der Waals surface area (Å²) in [6, 6.07) is 6.08. The molecule has 0 unspecified atom stereocenters. The van der Waals surface area contributed by atoms with Crippen LogP contribution in [-0.2, 0) is 49.3 Å². The fourth-order valence-corrected chi connectivity index (χ4v) is 6.34. The number of aliphatic hydroxyl groups is 1. The van der Waals surface area contributed by atoms with E-state index in [1.54, 1.807) is 11.3 Å². The molecule has 3 N–H and O–H groups in total. The molecule has 1 aliphatic rings. The molecule has 0 spiro atoms. The highest BCUT2D eigenvalue weighted by molar-refractivity contribution is 7.13. The number of azide groups is 1. The summed E-state index contributed by atoms with van der Waals surface area (Å²) in [6.07, 6.45) is -0.707. The summed E-state index contributed by atoms with van der Waals surface area (Å²) in [6.45, 7) is 12.6. The van der Waals surface area contributed by atoms with E-state index < -0.39 is 29.5 Å². The van der Waals surface area contributed by atoms with E-state index in [4.69, 9.17) is 34.0 Å². The molecule has 0 saturated carbocycles. The molecule has 2 aromatic rings. The predicted molar refractivity (Wildman–Crippen MR) is 205 cm³/mol. The van der Waals surface area contributed by atoms with E-state index in [9.17, 15) is 19.5 Å². The zero-order valence-corrected chi connectivity index (χ0v) is 33.2. The molecule has 55 heavy (non-hydrogen) atoms. The van der Waals surface area contributed by atoms with Crippen LogP contribution in [0.4, 0.5) is 0 Å². The second-order valence-electron chi connectivity index (χ2n) is 13.8. The van der Waals surface area contributed by atoms with Crippen molar-refractivity contribution >= 4 is 29.1 Å². The number of aromatic nitrogens is 1. The zero-order valence-electron chi connectivity index (χ0n) is 32.4. The van der Waals surface area contributed by atoms with E-state index in [2.05, 4.69) is 25.6 Å². The maximum absolute atomic E-state index is 13.8. The number of carbonyl (C=O) groups excluding carboxylic acids is 3. The number of hydrogen-bond donors (Lipinski definition) is 3. The summed E-state index contributed by atoms with van der Waals surface area (Å²) >= 11 is 1.57. The minimum Gasteiger partial charge on any atom is -0.391 e. The predicted octanol–water partition coefficient (Wildman–Crippen LogP) is 3.03. The van der Waals surface area contributed by atoms with Crippen molar-refractivity contribution < 1.29 is 47.9 Å². The summed E-state index contributed by atoms with van der Waals surface area (Å²) in [4.78, 5) is 49.5. The van der Waals surface area contributed by atoms with Crippen molar-refractivity contribution in [2.24, 2.45) is 10.5 Å². The van der Waals surface area contributed by atoms with Gasteiger partial charge in [0.25, 0.3) is 0 Å². The van der Waals surface area contributed by atoms with Gasteiger partial charge in [-0.25, -0.2) is 4.98 Å². The Balaban J connectivity index is 1.27. The number of ether oxygens (including phenoxy) is 6. The summed E-state index contributed by atoms with van der Waals surface area (Å²) < 4.78 is 32.6. The van der Waals surface area contributed by atoms with Gasteiger partial charge in [-0.1, -0.05) is 50.2 Å². The third kappa shape index (κ3) is 17.3. The molecule has 2 heterocycles. The largest absolute Gasteiger partial charge is 0.391 e. The molecule has 306 valence electrons. The van der Waals surface area contributed by atoms with Gasteiger partial charge in [0.2, 0.25) is 17.7 Å². The fourth-order valence-electron chi connectivity index (χ4n) is 5.53. The molecule has 1 fully saturated rings. The monoisotopic (exact) mass is 791 g/mol. The van der Waals surface area contributed by atoms with Crippen molar-refractivity contribution in [3.05, 3.63) is 51.5 Å². The Kier molecular flexibility index (Phi) is 21.1. The third-order valence-corrected chi connectivity index (χ3v) is 9.42. The lowest BCUT2D eigenvalue weighted by Crippen LogP contribution is -2.57. The van der Waals surface area contributed by atoms with Gasteiger partial charge in [0.05, 0.1) is 101 Å². The van der Waals surface area contributed by atoms with Crippen molar-refractivity contribution in [2.45, 2.75) is 65.3 Å². The lowest BCUT2D eigenvalue weighted by Gasteiger charge is -2.35. The highest BCUT2D eigenvalue weighted by Gasteiger charge is 2.44. The van der Waals surface area contributed by atoms with Gasteiger partial charge in [-0.2, -0.15) is 0 Å². The highest BCUT2D eigenvalue weighted by Crippen LogP contribution is 2.28. The molecule has 3 rings (SSSR count). The van der Waals surface area contributed by atoms with Gasteiger partial charge in [0.1, 0.15) is 12.1 Å². The standard InChI is InChI=1S/C37H57N7O10S/c1-27-33(55-26-40-27)29-7-5-28(6-8-29)24-39-35(47)31-23-30(45)25-44(31)36(48)34(37(2,3)4)42-32(46)9-11-49-13-15-51-17-19-53-21-22-54-20-18-52-16-14-50-12-10-41-43-38/h5-8,26,30-31,34,45H,9-25H2,1-4H3,(H,39,47)(H,42,46)/t30-,31+,34+/m0/s1. The molecule has 1 saturated heterocycles. The van der Waals surface area contributed by atoms with Gasteiger partial charge >= 0.3 is 0 Å². The van der Waals surface area contributed by atoms with Crippen LogP contribution in [0.1, 0.15) is 44.9 Å². The molecule has 0 bridgehead atoms. The number of likely N-dealkylation sites (tertiary alicyclic amines) is 1. The lowest BCUT2D eigenvalue weighted by atomic mass is 9.85. The van der Waals surface area contributed by atoms with E-state index in [0.29, 0.717) is 72.6 Å². The molecule has 3 atom stereocenters. The number of β-amino-alcohol motifs (C(OH)–C–C–N with tert-alkyl or cyclic N) is 1. The minimum absolute atomic E-state index is 0.000723. The molecule has 17 nitrogen and oxygen atoms in total. The third-order valence-electron chi connectivity index (χ3n) is 8.44. The van der Waals surface area contributed by atoms with Crippen molar-refractivity contribution in [1.29, 1.82) is 0 Å². The van der Waals surface area contributed by atoms with Gasteiger partial charge in [-0.15, -0.1) is 11.3 Å². The molecule has 1 aliphatic heterocycles. The smallest absolute Gasteiger partial charge is 0.246 e. The number of benzene rings is 1. The van der Waals surface area contributed by atoms with Gasteiger partial charge in [0.15, 0.2) is 0 Å². The quantitative estimate of drug-likeness (QED) is 0.0518. The van der Waals surface area contributed by atoms with Gasteiger partial charge in [-0.3, -0.25) is 14.4 Å². The van der Waals surface area contributed by atoms with Crippen LogP contribution in [0.2, 0.25) is 0 Å². The number of amides is 3. The average Bonchev–Trinajstić information content (AvgIpc) is 3.78. The first-order valence-corrected chi connectivity index (χ1v) is 19.4. The van der Waals surface area contributed by atoms with Crippen molar-refractivity contribution in [3.8, 4) is 10.4 Å². The average molecular weight is 792 g/mol. The minimum atomic E-state index is -0.918. The SMILES string of the molecule is Cc1ncsc1-c1ccc(CNC(=O)[C@H]2C[C@H](O)CN2C(=O)[C@@H](NC(=O)CCOCCOCCOCCOCCOCCOCCN=[N+]=[N-])C(C)(C)C)cc1. The molecule has 1 aromatic carbocycles. The number of carbonyl (C=O) groups is 3. The van der Waals surface area contributed by atoms with Crippen LogP contribution in [0, 0.1) is 12.3 Å². The Labute approximate surface area is 327 Å². The molecule has 3 amide bonds. The van der Waals surface area contributed by atoms with Crippen LogP contribution in [0.15, 0.2) is 34.9 Å². The van der Waals surface area contributed by atoms with Gasteiger partial charge in [0, 0.05) is 37.4 Å². The molecular weight excluding hydrogens is 735 g/mol. The van der Waals surface area contributed by atoms with Crippen molar-refractivity contribution in [1.82, 2.24) is 20.5 Å². The summed E-state index contributed by atoms with van der Waals surface area (Å²) in [7, 11) is 0. The van der Waals surface area contributed by atoms with E-state index in [0.717, 1.165) is 21.7 Å². The first kappa shape index (κ1) is 45.7. The second-order valence-corrected chi connectivity index (χ2v) is 14.7. The Morgan fingerprint density at radius 2 is 1.47 bits per heavy atom. The zero-order chi connectivity index (χ0) is 39.9. The number of hydrogen-bond acceptors (Lipinski definition) is 13. The van der Waals surface area contributed by atoms with E-state index in [1.165, 1.54) is 4.90 Å². The first-order chi connectivity index (χ1) is 26.5. The first-order valence-electron chi connectivity index (χ1n) is 18.5. The van der Waals surface area contributed by atoms with Crippen LogP contribution >= 0.6 is 11.3 Å². The number of nitrogens with one attached hydrogen (secondary N) is 2. The van der Waals surface area contributed by atoms with Gasteiger partial charge < -0.3 is 49.1 Å². The van der Waals surface area contributed by atoms with Crippen LogP contribution in [0.3, 0.4) is 0 Å². The van der Waals surface area contributed by atoms with E-state index in [1.807, 2.05) is 57.5 Å². The van der Waals surface area contributed by atoms with E-state index in [-0.39, 0.29) is 51.0 Å². The fraction of sp³-hybridized carbons (Fsp3) is 0.676. The lowest BCUT2D eigenvalue weighted by molar-refractivity contribution is -0.144. The van der Waals surface area contributed by atoms with E-state index >= 15 is 0 Å². The van der Waals surface area contributed by atoms with Crippen molar-refractivity contribution in [2.75, 3.05) is 92.4 Å². The summed E-state index contributed by atoms with van der Waals surface area (Å²) in [5.74, 6) is -1.14. The Morgan fingerprint density at radius 1 is 0.927 bits per heavy atom. The Morgan fingerprint density at radius 3 is 1.98 bits per heavy atom. The maximum Gasteiger partial charge on any atom is 0.246 e. The molecule has 18 heteroatoms. The number of rotatable bonds is 27. The topological polar surface area (TPSA) is 216 Å². The normalized spacial score (nSPS) is 16.1.